The smallest absolute Gasteiger partial charge is 0.264 e. The van der Waals surface area contributed by atoms with Gasteiger partial charge >= 0.3 is 0 Å². The lowest BCUT2D eigenvalue weighted by molar-refractivity contribution is 0.588. The first kappa shape index (κ1) is 40.6. The molecule has 0 radical (unpaired) electrons. The number of rotatable bonds is 3. The van der Waals surface area contributed by atoms with Gasteiger partial charge in [0.05, 0.1) is 11.1 Å². The summed E-state index contributed by atoms with van der Waals surface area (Å²) in [4.78, 5) is 5.18. The fraction of sp³-hybridized carbons (Fsp3) is 0.206. The maximum Gasteiger partial charge on any atom is 0.264 e. The van der Waals surface area contributed by atoms with Crippen LogP contribution in [-0.4, -0.2) is 6.71 Å². The normalized spacial score (nSPS) is 14.8. The molecule has 2 aliphatic carbocycles. The van der Waals surface area contributed by atoms with Gasteiger partial charge in [-0.05, 0) is 156 Å². The van der Waals surface area contributed by atoms with E-state index >= 15 is 0 Å². The molecule has 13 rings (SSSR count). The molecule has 8 aromatic carbocycles. The lowest BCUT2D eigenvalue weighted by Crippen LogP contribution is -2.60. The van der Waals surface area contributed by atoms with Crippen LogP contribution in [0.5, 0.6) is 0 Å². The highest BCUT2D eigenvalue weighted by molar-refractivity contribution is 7.33. The standard InChI is InChI=1S/C63H55BN2S/c1-37(2)39-22-27-43(28-23-39)66-56-33-38(3)32-55-58(56)64(53-20-14-15-21-54(53)65(55)42-29-24-40(25-30-42)61(4,5)6)60-59(66)48-35-47-46-31-26-41(62(7,8)9)34-51(46)63(52(47)36-57(48)67-60)49-18-12-10-16-44(49)45-17-11-13-19-50(45)63/h10-37H,1-9H3. The number of benzene rings is 8. The van der Waals surface area contributed by atoms with Gasteiger partial charge in [0, 0.05) is 43.3 Å². The fourth-order valence-electron chi connectivity index (χ4n) is 12.3. The molecule has 2 nitrogen and oxygen atoms in total. The molecule has 4 aliphatic rings. The van der Waals surface area contributed by atoms with E-state index in [9.17, 15) is 0 Å². The van der Waals surface area contributed by atoms with Crippen molar-refractivity contribution in [3.05, 3.63) is 208 Å². The quantitative estimate of drug-likeness (QED) is 0.163. The average Bonchev–Trinajstić information content (AvgIpc) is 3.93. The van der Waals surface area contributed by atoms with Crippen molar-refractivity contribution in [2.45, 2.75) is 84.5 Å². The third kappa shape index (κ3) is 5.57. The van der Waals surface area contributed by atoms with Crippen LogP contribution < -0.4 is 25.5 Å². The number of aryl methyl sites for hydroxylation is 1. The van der Waals surface area contributed by atoms with Crippen LogP contribution in [0.1, 0.15) is 106 Å². The molecule has 4 heteroatoms. The lowest BCUT2D eigenvalue weighted by atomic mass is 9.36. The molecule has 0 fully saturated rings. The molecule has 3 heterocycles. The van der Waals surface area contributed by atoms with Gasteiger partial charge in [-0.3, -0.25) is 0 Å². The zero-order chi connectivity index (χ0) is 45.9. The Labute approximate surface area is 400 Å². The minimum absolute atomic E-state index is 0.000203. The SMILES string of the molecule is Cc1cc2c3c(c1)N(c1ccc(C(C)C)cc1)c1c(sc4cc5c(cc14)-c1ccc(C(C)(C)C)cc1C51c4ccccc4-c4ccccc41)B3c1ccccc1N2c1ccc(C(C)(C)C)cc1. The molecular weight excluding hydrogens is 828 g/mol. The van der Waals surface area contributed by atoms with Crippen molar-refractivity contribution in [3.8, 4) is 22.3 Å². The molecule has 0 atom stereocenters. The zero-order valence-electron chi connectivity index (χ0n) is 40.0. The highest BCUT2D eigenvalue weighted by atomic mass is 32.1. The summed E-state index contributed by atoms with van der Waals surface area (Å²) >= 11 is 2.01. The maximum atomic E-state index is 2.64. The summed E-state index contributed by atoms with van der Waals surface area (Å²) in [6, 6.07) is 63.9. The van der Waals surface area contributed by atoms with E-state index in [0.29, 0.717) is 5.92 Å². The molecule has 0 N–H and O–H groups in total. The Morgan fingerprint density at radius 1 is 0.507 bits per heavy atom. The maximum absolute atomic E-state index is 2.64. The Balaban J connectivity index is 1.12. The van der Waals surface area contributed by atoms with Crippen LogP contribution in [0.3, 0.4) is 0 Å². The Morgan fingerprint density at radius 2 is 1.06 bits per heavy atom. The van der Waals surface area contributed by atoms with Crippen LogP contribution in [0.15, 0.2) is 164 Å². The molecule has 67 heavy (non-hydrogen) atoms. The van der Waals surface area contributed by atoms with Gasteiger partial charge in [-0.15, -0.1) is 11.3 Å². The van der Waals surface area contributed by atoms with E-state index in [1.54, 1.807) is 0 Å². The van der Waals surface area contributed by atoms with Crippen molar-refractivity contribution < 1.29 is 0 Å². The monoisotopic (exact) mass is 882 g/mol. The van der Waals surface area contributed by atoms with E-state index in [1.807, 2.05) is 11.3 Å². The minimum Gasteiger partial charge on any atom is -0.311 e. The molecule has 2 aliphatic heterocycles. The van der Waals surface area contributed by atoms with Gasteiger partial charge in [0.1, 0.15) is 0 Å². The van der Waals surface area contributed by atoms with E-state index in [0.717, 1.165) is 0 Å². The molecule has 1 spiro atoms. The second-order valence-corrected chi connectivity index (χ2v) is 23.1. The number of nitrogens with zero attached hydrogens (tertiary/aromatic N) is 2. The average molecular weight is 883 g/mol. The Morgan fingerprint density at radius 3 is 1.72 bits per heavy atom. The van der Waals surface area contributed by atoms with Gasteiger partial charge in [0.2, 0.25) is 0 Å². The molecule has 9 aromatic rings. The summed E-state index contributed by atoms with van der Waals surface area (Å²) in [6.07, 6.45) is 0. The van der Waals surface area contributed by atoms with Crippen molar-refractivity contribution in [1.82, 2.24) is 0 Å². The van der Waals surface area contributed by atoms with Crippen LogP contribution in [0.4, 0.5) is 34.1 Å². The van der Waals surface area contributed by atoms with Gasteiger partial charge in [0.15, 0.2) is 0 Å². The molecule has 0 saturated carbocycles. The van der Waals surface area contributed by atoms with Crippen LogP contribution in [-0.2, 0) is 16.2 Å². The summed E-state index contributed by atoms with van der Waals surface area (Å²) in [5.74, 6) is 0.443. The van der Waals surface area contributed by atoms with Crippen molar-refractivity contribution in [1.29, 1.82) is 0 Å². The minimum atomic E-state index is -0.433. The number of fused-ring (bicyclic) bond motifs is 16. The van der Waals surface area contributed by atoms with Crippen molar-refractivity contribution in [2.75, 3.05) is 9.80 Å². The Kier molecular flexibility index (Phi) is 8.47. The van der Waals surface area contributed by atoms with E-state index in [2.05, 4.69) is 236 Å². The molecule has 0 unspecified atom stereocenters. The second kappa shape index (κ2) is 14.0. The van der Waals surface area contributed by atoms with Crippen LogP contribution in [0.25, 0.3) is 32.3 Å². The summed E-state index contributed by atoms with van der Waals surface area (Å²) in [5.41, 5.74) is 26.1. The highest BCUT2D eigenvalue weighted by Crippen LogP contribution is 2.64. The first-order chi connectivity index (χ1) is 32.2. The molecule has 0 amide bonds. The van der Waals surface area contributed by atoms with E-state index in [-0.39, 0.29) is 17.5 Å². The predicted octanol–water partition coefficient (Wildman–Crippen LogP) is 15.4. The molecule has 0 saturated heterocycles. The first-order valence-electron chi connectivity index (χ1n) is 24.2. The van der Waals surface area contributed by atoms with Crippen LogP contribution in [0, 0.1) is 6.92 Å². The molecule has 1 aromatic heterocycles. The number of hydrogen-bond acceptors (Lipinski definition) is 3. The first-order valence-corrected chi connectivity index (χ1v) is 25.0. The summed E-state index contributed by atoms with van der Waals surface area (Å²) in [7, 11) is 0. The van der Waals surface area contributed by atoms with Crippen LogP contribution >= 0.6 is 11.3 Å². The third-order valence-electron chi connectivity index (χ3n) is 15.6. The fourth-order valence-corrected chi connectivity index (χ4v) is 13.7. The van der Waals surface area contributed by atoms with Crippen LogP contribution in [0.2, 0.25) is 0 Å². The van der Waals surface area contributed by atoms with E-state index < -0.39 is 5.41 Å². The van der Waals surface area contributed by atoms with Gasteiger partial charge in [0.25, 0.3) is 6.71 Å². The zero-order valence-corrected chi connectivity index (χ0v) is 40.9. The Bertz CT molecular complexity index is 3500. The largest absolute Gasteiger partial charge is 0.311 e. The van der Waals surface area contributed by atoms with Crippen molar-refractivity contribution in [3.63, 3.8) is 0 Å². The summed E-state index contributed by atoms with van der Waals surface area (Å²) in [5, 5.41) is 1.32. The number of hydrogen-bond donors (Lipinski definition) is 0. The van der Waals surface area contributed by atoms with E-state index in [1.165, 1.54) is 127 Å². The van der Waals surface area contributed by atoms with E-state index in [4.69, 9.17) is 0 Å². The predicted molar refractivity (Wildman–Crippen MR) is 288 cm³/mol. The topological polar surface area (TPSA) is 6.48 Å². The summed E-state index contributed by atoms with van der Waals surface area (Å²) < 4.78 is 2.74. The lowest BCUT2D eigenvalue weighted by Gasteiger charge is -2.43. The number of para-hydroxylation sites is 1. The molecule has 326 valence electrons. The number of anilines is 6. The number of thiophene rings is 1. The second-order valence-electron chi connectivity index (χ2n) is 22.0. The van der Waals surface area contributed by atoms with Gasteiger partial charge < -0.3 is 9.80 Å². The van der Waals surface area contributed by atoms with Crippen molar-refractivity contribution >= 4 is 78.0 Å². The van der Waals surface area contributed by atoms with Gasteiger partial charge in [-0.25, -0.2) is 0 Å². The summed E-state index contributed by atoms with van der Waals surface area (Å²) in [6.45, 7) is 20.9. The molecule has 0 bridgehead atoms. The van der Waals surface area contributed by atoms with Gasteiger partial charge in [-0.2, -0.15) is 0 Å². The third-order valence-corrected chi connectivity index (χ3v) is 16.8. The van der Waals surface area contributed by atoms with Gasteiger partial charge in [-0.1, -0.05) is 165 Å². The molecular formula is C63H55BN2S. The van der Waals surface area contributed by atoms with Crippen molar-refractivity contribution in [2.24, 2.45) is 0 Å². The Hall–Kier alpha value is -6.62. The highest BCUT2D eigenvalue weighted by Gasteiger charge is 2.53.